The Balaban J connectivity index is 1.34. The first-order valence-corrected chi connectivity index (χ1v) is 14.4. The van der Waals surface area contributed by atoms with Crippen molar-refractivity contribution in [2.75, 3.05) is 42.6 Å². The van der Waals surface area contributed by atoms with Crippen molar-refractivity contribution in [1.82, 2.24) is 5.06 Å². The first-order chi connectivity index (χ1) is 19.0. The molecule has 2 N–H and O–H groups in total. The fourth-order valence-electron chi connectivity index (χ4n) is 7.39. The van der Waals surface area contributed by atoms with E-state index in [1.807, 2.05) is 4.90 Å². The summed E-state index contributed by atoms with van der Waals surface area (Å²) in [6, 6.07) is 4.71. The topological polar surface area (TPSA) is 112 Å². The highest BCUT2D eigenvalue weighted by Crippen LogP contribution is 2.49. The summed E-state index contributed by atoms with van der Waals surface area (Å²) < 4.78 is 33.1. The fraction of sp³-hybridized carbons (Fsp3) is 0.724. The Morgan fingerprint density at radius 1 is 1.25 bits per heavy atom. The van der Waals surface area contributed by atoms with Crippen molar-refractivity contribution in [3.63, 3.8) is 0 Å². The number of carbonyl (C=O) groups is 2. The Hall–Kier alpha value is -2.47. The molecule has 11 heteroatoms. The van der Waals surface area contributed by atoms with Crippen LogP contribution >= 0.6 is 0 Å². The number of cyclic esters (lactones) is 1. The van der Waals surface area contributed by atoms with Gasteiger partial charge in [-0.05, 0) is 48.8 Å². The molecule has 5 atom stereocenters. The van der Waals surface area contributed by atoms with E-state index in [2.05, 4.69) is 20.8 Å². The number of halogens is 1. The quantitative estimate of drug-likeness (QED) is 0.396. The number of hydrogen-bond acceptors (Lipinski definition) is 8. The van der Waals surface area contributed by atoms with Crippen LogP contribution in [-0.4, -0.2) is 83.8 Å². The molecule has 0 radical (unpaired) electrons. The van der Waals surface area contributed by atoms with Gasteiger partial charge in [-0.1, -0.05) is 27.2 Å². The van der Waals surface area contributed by atoms with Crippen LogP contribution in [0.1, 0.15) is 59.8 Å². The van der Waals surface area contributed by atoms with Crippen LogP contribution in [0, 0.1) is 23.6 Å². The van der Waals surface area contributed by atoms with E-state index in [0.29, 0.717) is 50.3 Å². The normalized spacial score (nSPS) is 32.1. The third-order valence-electron chi connectivity index (χ3n) is 9.38. The summed E-state index contributed by atoms with van der Waals surface area (Å²) in [7, 11) is 0. The van der Waals surface area contributed by atoms with Crippen LogP contribution in [0.25, 0.3) is 0 Å². The second-order valence-corrected chi connectivity index (χ2v) is 12.3. The molecule has 3 aliphatic heterocycles. The SMILES string of the molecule is CC(=O)N(O)C1(C2CN(c3ccc(N4CCC5(CC4)OCC(CO)O5)c(F)c3)C(=O)O2)CC(C)CCC1C(C)C. The number of benzene rings is 1. The van der Waals surface area contributed by atoms with Crippen LogP contribution in [0.3, 0.4) is 0 Å². The molecule has 2 amide bonds. The lowest BCUT2D eigenvalue weighted by atomic mass is 9.62. The molecule has 10 nitrogen and oxygen atoms in total. The van der Waals surface area contributed by atoms with Gasteiger partial charge in [-0.25, -0.2) is 14.2 Å². The molecule has 40 heavy (non-hydrogen) atoms. The summed E-state index contributed by atoms with van der Waals surface area (Å²) in [5.74, 6) is -1.38. The predicted octanol–water partition coefficient (Wildman–Crippen LogP) is 3.92. The van der Waals surface area contributed by atoms with Gasteiger partial charge in [0, 0.05) is 32.9 Å². The molecular weight excluding hydrogens is 521 g/mol. The summed E-state index contributed by atoms with van der Waals surface area (Å²) in [6.07, 6.45) is 1.66. The van der Waals surface area contributed by atoms with E-state index in [1.165, 1.54) is 17.9 Å². The minimum absolute atomic E-state index is 0.0719. The van der Waals surface area contributed by atoms with Gasteiger partial charge < -0.3 is 24.2 Å². The van der Waals surface area contributed by atoms with Gasteiger partial charge in [0.05, 0.1) is 31.1 Å². The lowest BCUT2D eigenvalue weighted by molar-refractivity contribution is -0.235. The molecule has 3 heterocycles. The second kappa shape index (κ2) is 11.1. The molecule has 1 spiro atoms. The van der Waals surface area contributed by atoms with Crippen LogP contribution in [-0.2, 0) is 19.0 Å². The van der Waals surface area contributed by atoms with E-state index in [4.69, 9.17) is 14.2 Å². The van der Waals surface area contributed by atoms with Crippen LogP contribution in [0.5, 0.6) is 0 Å². The number of amides is 2. The van der Waals surface area contributed by atoms with Crippen molar-refractivity contribution in [3.8, 4) is 0 Å². The third kappa shape index (κ3) is 5.06. The number of aliphatic hydroxyl groups is 1. The molecular formula is C29H42FN3O7. The van der Waals surface area contributed by atoms with Crippen LogP contribution in [0.4, 0.5) is 20.6 Å². The first kappa shape index (κ1) is 29.0. The second-order valence-electron chi connectivity index (χ2n) is 12.3. The zero-order chi connectivity index (χ0) is 28.8. The molecule has 3 saturated heterocycles. The van der Waals surface area contributed by atoms with Crippen LogP contribution in [0.2, 0.25) is 0 Å². The Bertz CT molecular complexity index is 1110. The standard InChI is InChI=1S/C29H42FN3O7/c1-18(2)23-7-5-19(3)14-29(23,33(37)20(4)35)26-15-32(27(36)39-26)21-6-8-25(24(30)13-21)31-11-9-28(10-12-31)38-17-22(16-34)40-28/h6,8,13,18-19,22-23,26,34,37H,5,7,9-12,14-17H2,1-4H3. The van der Waals surface area contributed by atoms with Gasteiger partial charge in [0.1, 0.15) is 23.6 Å². The van der Waals surface area contributed by atoms with Crippen molar-refractivity contribution in [2.45, 2.75) is 83.3 Å². The first-order valence-electron chi connectivity index (χ1n) is 14.4. The molecule has 5 rings (SSSR count). The van der Waals surface area contributed by atoms with E-state index in [1.54, 1.807) is 12.1 Å². The Labute approximate surface area is 234 Å². The zero-order valence-corrected chi connectivity index (χ0v) is 23.8. The van der Waals surface area contributed by atoms with Crippen molar-refractivity contribution < 1.29 is 38.5 Å². The van der Waals surface area contributed by atoms with E-state index < -0.39 is 35.2 Å². The van der Waals surface area contributed by atoms with Crippen molar-refractivity contribution in [2.24, 2.45) is 17.8 Å². The van der Waals surface area contributed by atoms with E-state index in [9.17, 15) is 19.9 Å². The highest BCUT2D eigenvalue weighted by Gasteiger charge is 2.59. The van der Waals surface area contributed by atoms with Gasteiger partial charge in [-0.15, -0.1) is 0 Å². The average molecular weight is 564 g/mol. The van der Waals surface area contributed by atoms with Gasteiger partial charge in [0.15, 0.2) is 5.79 Å². The maximum Gasteiger partial charge on any atom is 0.414 e. The van der Waals surface area contributed by atoms with Crippen LogP contribution < -0.4 is 9.80 Å². The minimum Gasteiger partial charge on any atom is -0.441 e. The van der Waals surface area contributed by atoms with Crippen molar-refractivity contribution in [1.29, 1.82) is 0 Å². The molecule has 4 aliphatic rings. The number of rotatable bonds is 6. The number of anilines is 2. The van der Waals surface area contributed by atoms with Gasteiger partial charge in [0.25, 0.3) is 0 Å². The molecule has 5 unspecified atom stereocenters. The van der Waals surface area contributed by atoms with E-state index >= 15 is 4.39 Å². The van der Waals surface area contributed by atoms with Gasteiger partial charge in [0.2, 0.25) is 5.91 Å². The summed E-state index contributed by atoms with van der Waals surface area (Å²) in [5.41, 5.74) is -0.276. The largest absolute Gasteiger partial charge is 0.441 e. The zero-order valence-electron chi connectivity index (χ0n) is 23.8. The molecule has 222 valence electrons. The van der Waals surface area contributed by atoms with Gasteiger partial charge >= 0.3 is 6.09 Å². The van der Waals surface area contributed by atoms with Crippen LogP contribution in [0.15, 0.2) is 18.2 Å². The molecule has 0 bridgehead atoms. The number of nitrogens with zero attached hydrogens (tertiary/aromatic N) is 3. The Morgan fingerprint density at radius 2 is 1.98 bits per heavy atom. The monoisotopic (exact) mass is 563 g/mol. The van der Waals surface area contributed by atoms with Crippen molar-refractivity contribution in [3.05, 3.63) is 24.0 Å². The number of aliphatic hydroxyl groups excluding tert-OH is 1. The maximum atomic E-state index is 15.5. The molecule has 1 aromatic carbocycles. The van der Waals surface area contributed by atoms with Gasteiger partial charge in [-0.3, -0.25) is 14.9 Å². The highest BCUT2D eigenvalue weighted by molar-refractivity contribution is 5.90. The number of ether oxygens (including phenoxy) is 3. The Kier molecular flexibility index (Phi) is 8.04. The predicted molar refractivity (Wildman–Crippen MR) is 144 cm³/mol. The van der Waals surface area contributed by atoms with Gasteiger partial charge in [-0.2, -0.15) is 0 Å². The molecule has 4 fully saturated rings. The Morgan fingerprint density at radius 3 is 2.58 bits per heavy atom. The molecule has 1 saturated carbocycles. The summed E-state index contributed by atoms with van der Waals surface area (Å²) in [6.45, 7) is 8.93. The third-order valence-corrected chi connectivity index (χ3v) is 9.38. The maximum absolute atomic E-state index is 15.5. The number of hydrogen-bond donors (Lipinski definition) is 2. The summed E-state index contributed by atoms with van der Waals surface area (Å²) in [4.78, 5) is 29.0. The summed E-state index contributed by atoms with van der Waals surface area (Å²) in [5, 5.41) is 21.3. The number of piperidine rings is 1. The number of carbonyl (C=O) groups excluding carboxylic acids is 2. The average Bonchev–Trinajstić information content (AvgIpc) is 3.52. The smallest absolute Gasteiger partial charge is 0.414 e. The van der Waals surface area contributed by atoms with E-state index in [0.717, 1.165) is 17.9 Å². The van der Waals surface area contributed by atoms with Crippen molar-refractivity contribution >= 4 is 23.4 Å². The van der Waals surface area contributed by atoms with E-state index in [-0.39, 0.29) is 37.0 Å². The number of hydroxylamine groups is 2. The highest BCUT2D eigenvalue weighted by atomic mass is 19.1. The molecule has 1 aliphatic carbocycles. The summed E-state index contributed by atoms with van der Waals surface area (Å²) >= 11 is 0. The molecule has 1 aromatic rings. The lowest BCUT2D eigenvalue weighted by Gasteiger charge is -2.53. The fourth-order valence-corrected chi connectivity index (χ4v) is 7.39. The lowest BCUT2D eigenvalue weighted by Crippen LogP contribution is -2.65. The minimum atomic E-state index is -1.07. The molecule has 0 aromatic heterocycles.